The standard InChI is InChI=1S/C16H23NO2/c1-19-15-9-7-14(8-10-15)16(18)13-17-11-5-3-2-4-6-12-17/h7-10H,2-6,11-13H2,1H3. The molecule has 1 heterocycles. The second-order valence-corrected chi connectivity index (χ2v) is 5.20. The van der Waals surface area contributed by atoms with Gasteiger partial charge in [-0.3, -0.25) is 9.69 Å². The fourth-order valence-electron chi connectivity index (χ4n) is 2.54. The normalized spacial score (nSPS) is 17.5. The molecule has 1 fully saturated rings. The van der Waals surface area contributed by atoms with E-state index < -0.39 is 0 Å². The summed E-state index contributed by atoms with van der Waals surface area (Å²) < 4.78 is 5.11. The number of carbonyl (C=O) groups excluding carboxylic acids is 1. The summed E-state index contributed by atoms with van der Waals surface area (Å²) >= 11 is 0. The van der Waals surface area contributed by atoms with E-state index in [0.717, 1.165) is 24.4 Å². The van der Waals surface area contributed by atoms with Gasteiger partial charge in [0.05, 0.1) is 13.7 Å². The fraction of sp³-hybridized carbons (Fsp3) is 0.562. The Morgan fingerprint density at radius 1 is 1.05 bits per heavy atom. The minimum absolute atomic E-state index is 0.211. The first kappa shape index (κ1) is 14.1. The molecule has 0 saturated carbocycles. The van der Waals surface area contributed by atoms with Gasteiger partial charge in [0.25, 0.3) is 0 Å². The summed E-state index contributed by atoms with van der Waals surface area (Å²) in [5.74, 6) is 1.01. The van der Waals surface area contributed by atoms with Crippen LogP contribution in [0.5, 0.6) is 5.75 Å². The molecule has 0 aromatic heterocycles. The molecule has 0 N–H and O–H groups in total. The highest BCUT2D eigenvalue weighted by molar-refractivity contribution is 5.97. The Hall–Kier alpha value is -1.35. The van der Waals surface area contributed by atoms with Gasteiger partial charge in [0.1, 0.15) is 5.75 Å². The van der Waals surface area contributed by atoms with Crippen molar-refractivity contribution >= 4 is 5.78 Å². The number of benzene rings is 1. The number of likely N-dealkylation sites (tertiary alicyclic amines) is 1. The van der Waals surface area contributed by atoms with Gasteiger partial charge in [-0.25, -0.2) is 0 Å². The first-order chi connectivity index (χ1) is 9.29. The SMILES string of the molecule is COc1ccc(C(=O)CN2CCCCCCC2)cc1. The van der Waals surface area contributed by atoms with Crippen LogP contribution in [0.3, 0.4) is 0 Å². The molecule has 0 radical (unpaired) electrons. The molecule has 1 aromatic rings. The molecule has 0 aliphatic carbocycles. The molecule has 0 bridgehead atoms. The van der Waals surface area contributed by atoms with E-state index in [1.165, 1.54) is 32.1 Å². The van der Waals surface area contributed by atoms with Crippen LogP contribution in [0.2, 0.25) is 0 Å². The predicted molar refractivity (Wildman–Crippen MR) is 76.8 cm³/mol. The molecular weight excluding hydrogens is 238 g/mol. The van der Waals surface area contributed by atoms with Gasteiger partial charge in [0, 0.05) is 5.56 Å². The lowest BCUT2D eigenvalue weighted by molar-refractivity contribution is 0.0924. The van der Waals surface area contributed by atoms with E-state index >= 15 is 0 Å². The molecule has 1 aliphatic rings. The maximum Gasteiger partial charge on any atom is 0.176 e. The molecule has 0 atom stereocenters. The lowest BCUT2D eigenvalue weighted by Gasteiger charge is -2.23. The zero-order valence-electron chi connectivity index (χ0n) is 11.7. The number of ether oxygens (including phenoxy) is 1. The fourth-order valence-corrected chi connectivity index (χ4v) is 2.54. The van der Waals surface area contributed by atoms with E-state index in [1.54, 1.807) is 7.11 Å². The van der Waals surface area contributed by atoms with Crippen molar-refractivity contribution in [1.29, 1.82) is 0 Å². The Balaban J connectivity index is 1.91. The molecule has 0 amide bonds. The van der Waals surface area contributed by atoms with Crippen molar-refractivity contribution in [3.63, 3.8) is 0 Å². The van der Waals surface area contributed by atoms with E-state index in [2.05, 4.69) is 4.90 Å². The Morgan fingerprint density at radius 3 is 2.21 bits per heavy atom. The molecule has 3 heteroatoms. The van der Waals surface area contributed by atoms with Crippen molar-refractivity contribution in [3.8, 4) is 5.75 Å². The highest BCUT2D eigenvalue weighted by atomic mass is 16.5. The number of Topliss-reactive ketones (excluding diaryl/α,β-unsaturated/α-hetero) is 1. The highest BCUT2D eigenvalue weighted by Crippen LogP contribution is 2.14. The van der Waals surface area contributed by atoms with E-state index in [-0.39, 0.29) is 5.78 Å². The van der Waals surface area contributed by atoms with E-state index in [0.29, 0.717) is 6.54 Å². The van der Waals surface area contributed by atoms with Crippen molar-refractivity contribution in [2.75, 3.05) is 26.7 Å². The molecule has 0 spiro atoms. The second kappa shape index (κ2) is 7.29. The number of rotatable bonds is 4. The maximum absolute atomic E-state index is 12.2. The summed E-state index contributed by atoms with van der Waals surface area (Å²) in [5, 5.41) is 0. The average Bonchev–Trinajstić information content (AvgIpc) is 2.41. The van der Waals surface area contributed by atoms with Crippen molar-refractivity contribution in [2.24, 2.45) is 0 Å². The molecule has 1 saturated heterocycles. The average molecular weight is 261 g/mol. The Bertz CT molecular complexity index is 392. The highest BCUT2D eigenvalue weighted by Gasteiger charge is 2.13. The van der Waals surface area contributed by atoms with Crippen LogP contribution in [0.15, 0.2) is 24.3 Å². The van der Waals surface area contributed by atoms with Crippen molar-refractivity contribution in [1.82, 2.24) is 4.90 Å². The first-order valence-corrected chi connectivity index (χ1v) is 7.19. The smallest absolute Gasteiger partial charge is 0.176 e. The minimum atomic E-state index is 0.211. The molecular formula is C16H23NO2. The van der Waals surface area contributed by atoms with Crippen LogP contribution in [0.4, 0.5) is 0 Å². The van der Waals surface area contributed by atoms with Crippen LogP contribution in [-0.2, 0) is 0 Å². The topological polar surface area (TPSA) is 29.5 Å². The summed E-state index contributed by atoms with van der Waals surface area (Å²) in [6.45, 7) is 2.66. The minimum Gasteiger partial charge on any atom is -0.497 e. The summed E-state index contributed by atoms with van der Waals surface area (Å²) in [6, 6.07) is 7.40. The van der Waals surface area contributed by atoms with Crippen LogP contribution in [0.1, 0.15) is 42.5 Å². The molecule has 3 nitrogen and oxygen atoms in total. The van der Waals surface area contributed by atoms with E-state index in [9.17, 15) is 4.79 Å². The van der Waals surface area contributed by atoms with Gasteiger partial charge in [-0.05, 0) is 50.2 Å². The molecule has 1 aromatic carbocycles. The predicted octanol–water partition coefficient (Wildman–Crippen LogP) is 3.14. The third-order valence-electron chi connectivity index (χ3n) is 3.73. The summed E-state index contributed by atoms with van der Waals surface area (Å²) in [7, 11) is 1.64. The number of hydrogen-bond donors (Lipinski definition) is 0. The summed E-state index contributed by atoms with van der Waals surface area (Å²) in [6.07, 6.45) is 6.38. The third-order valence-corrected chi connectivity index (χ3v) is 3.73. The van der Waals surface area contributed by atoms with E-state index in [1.807, 2.05) is 24.3 Å². The number of carbonyl (C=O) groups is 1. The monoisotopic (exact) mass is 261 g/mol. The van der Waals surface area contributed by atoms with Crippen LogP contribution in [0, 0.1) is 0 Å². The number of ketones is 1. The molecule has 0 unspecified atom stereocenters. The second-order valence-electron chi connectivity index (χ2n) is 5.20. The van der Waals surface area contributed by atoms with Crippen LogP contribution in [-0.4, -0.2) is 37.4 Å². The Labute approximate surface area is 115 Å². The number of methoxy groups -OCH3 is 1. The molecule has 1 aliphatic heterocycles. The summed E-state index contributed by atoms with van der Waals surface area (Å²) in [5.41, 5.74) is 0.780. The van der Waals surface area contributed by atoms with Crippen molar-refractivity contribution < 1.29 is 9.53 Å². The number of hydrogen-bond acceptors (Lipinski definition) is 3. The van der Waals surface area contributed by atoms with Gasteiger partial charge in [0.15, 0.2) is 5.78 Å². The first-order valence-electron chi connectivity index (χ1n) is 7.19. The van der Waals surface area contributed by atoms with Crippen LogP contribution >= 0.6 is 0 Å². The summed E-state index contributed by atoms with van der Waals surface area (Å²) in [4.78, 5) is 14.5. The lowest BCUT2D eigenvalue weighted by atomic mass is 10.1. The van der Waals surface area contributed by atoms with E-state index in [4.69, 9.17) is 4.74 Å². The van der Waals surface area contributed by atoms with Gasteiger partial charge in [-0.15, -0.1) is 0 Å². The Kier molecular flexibility index (Phi) is 5.40. The Morgan fingerprint density at radius 2 is 1.63 bits per heavy atom. The largest absolute Gasteiger partial charge is 0.497 e. The maximum atomic E-state index is 12.2. The van der Waals surface area contributed by atoms with Gasteiger partial charge in [-0.1, -0.05) is 19.3 Å². The third kappa shape index (κ3) is 4.35. The molecule has 2 rings (SSSR count). The zero-order chi connectivity index (χ0) is 13.5. The van der Waals surface area contributed by atoms with Crippen molar-refractivity contribution in [2.45, 2.75) is 32.1 Å². The molecule has 104 valence electrons. The quantitative estimate of drug-likeness (QED) is 0.780. The van der Waals surface area contributed by atoms with Crippen LogP contribution in [0.25, 0.3) is 0 Å². The van der Waals surface area contributed by atoms with Crippen molar-refractivity contribution in [3.05, 3.63) is 29.8 Å². The van der Waals surface area contributed by atoms with Gasteiger partial charge >= 0.3 is 0 Å². The van der Waals surface area contributed by atoms with Gasteiger partial charge in [-0.2, -0.15) is 0 Å². The lowest BCUT2D eigenvalue weighted by Crippen LogP contribution is -2.32. The zero-order valence-corrected chi connectivity index (χ0v) is 11.7. The molecule has 19 heavy (non-hydrogen) atoms. The number of nitrogens with zero attached hydrogens (tertiary/aromatic N) is 1. The van der Waals surface area contributed by atoms with Gasteiger partial charge < -0.3 is 4.74 Å². The van der Waals surface area contributed by atoms with Crippen LogP contribution < -0.4 is 4.74 Å². The van der Waals surface area contributed by atoms with Gasteiger partial charge in [0.2, 0.25) is 0 Å².